The topological polar surface area (TPSA) is 15.3 Å². The smallest absolute Gasteiger partial charge is 0.0170 e. The van der Waals surface area contributed by atoms with Gasteiger partial charge in [0.25, 0.3) is 0 Å². The van der Waals surface area contributed by atoms with Crippen LogP contribution < -0.4 is 5.32 Å². The molecule has 2 rings (SSSR count). The van der Waals surface area contributed by atoms with Crippen LogP contribution in [0.25, 0.3) is 0 Å². The van der Waals surface area contributed by atoms with Gasteiger partial charge in [-0.05, 0) is 38.3 Å². The van der Waals surface area contributed by atoms with Gasteiger partial charge in [0.1, 0.15) is 0 Å². The van der Waals surface area contributed by atoms with Crippen molar-refractivity contribution in [3.63, 3.8) is 0 Å². The Hall–Kier alpha value is 0.270. The maximum absolute atomic E-state index is 3.63. The highest BCUT2D eigenvalue weighted by molar-refractivity contribution is 7.99. The molecule has 0 saturated carbocycles. The number of hydrogen-bond donors (Lipinski definition) is 1. The van der Waals surface area contributed by atoms with Gasteiger partial charge in [0.2, 0.25) is 0 Å². The molecule has 3 heteroatoms. The Labute approximate surface area is 105 Å². The van der Waals surface area contributed by atoms with Gasteiger partial charge in [-0.3, -0.25) is 0 Å². The number of rotatable bonds is 5. The highest BCUT2D eigenvalue weighted by Gasteiger charge is 2.22. The lowest BCUT2D eigenvalue weighted by molar-refractivity contribution is 0.300. The van der Waals surface area contributed by atoms with E-state index in [1.807, 2.05) is 0 Å². The van der Waals surface area contributed by atoms with E-state index >= 15 is 0 Å². The first-order valence-corrected chi connectivity index (χ1v) is 8.07. The summed E-state index contributed by atoms with van der Waals surface area (Å²) in [4.78, 5) is 2.68. The fraction of sp³-hybridized carbons (Fsp3) is 1.00. The second kappa shape index (κ2) is 6.87. The molecule has 0 spiro atoms. The van der Waals surface area contributed by atoms with E-state index in [-0.39, 0.29) is 0 Å². The predicted molar refractivity (Wildman–Crippen MR) is 73.2 cm³/mol. The summed E-state index contributed by atoms with van der Waals surface area (Å²) in [6.07, 6.45) is 5.60. The van der Waals surface area contributed by atoms with Crippen molar-refractivity contribution in [3.8, 4) is 0 Å². The van der Waals surface area contributed by atoms with E-state index in [4.69, 9.17) is 0 Å². The first-order chi connectivity index (χ1) is 7.88. The van der Waals surface area contributed by atoms with Crippen molar-refractivity contribution >= 4 is 11.8 Å². The molecule has 16 heavy (non-hydrogen) atoms. The largest absolute Gasteiger partial charge is 0.312 e. The molecule has 1 N–H and O–H groups in total. The molecule has 2 saturated heterocycles. The van der Waals surface area contributed by atoms with Crippen molar-refractivity contribution in [2.24, 2.45) is 5.92 Å². The van der Waals surface area contributed by atoms with E-state index in [1.165, 1.54) is 63.4 Å². The van der Waals surface area contributed by atoms with Gasteiger partial charge in [-0.2, -0.15) is 11.8 Å². The van der Waals surface area contributed by atoms with Crippen LogP contribution in [0.4, 0.5) is 0 Å². The summed E-state index contributed by atoms with van der Waals surface area (Å²) in [5, 5.41) is 3.63. The maximum atomic E-state index is 3.63. The molecule has 2 atom stereocenters. The molecule has 2 fully saturated rings. The standard InChI is InChI=1S/C13H26N2S/c1-2-3-12-4-7-15(10-12)8-5-13-11-16-9-6-14-13/h12-14H,2-11H2,1H3. The fourth-order valence-electron chi connectivity index (χ4n) is 2.90. The van der Waals surface area contributed by atoms with Crippen LogP contribution in [0.5, 0.6) is 0 Å². The minimum absolute atomic E-state index is 0.781. The highest BCUT2D eigenvalue weighted by atomic mass is 32.2. The minimum Gasteiger partial charge on any atom is -0.312 e. The molecule has 0 radical (unpaired) electrons. The molecule has 2 heterocycles. The van der Waals surface area contributed by atoms with Crippen LogP contribution in [-0.4, -0.2) is 48.6 Å². The van der Waals surface area contributed by atoms with Gasteiger partial charge in [-0.1, -0.05) is 13.3 Å². The van der Waals surface area contributed by atoms with Gasteiger partial charge in [0.15, 0.2) is 0 Å². The number of nitrogens with zero attached hydrogens (tertiary/aromatic N) is 1. The molecule has 2 nitrogen and oxygen atoms in total. The molecule has 2 aliphatic rings. The summed E-state index contributed by atoms with van der Waals surface area (Å²) in [6.45, 7) is 7.57. The third kappa shape index (κ3) is 3.94. The Balaban J connectivity index is 1.59. The first-order valence-electron chi connectivity index (χ1n) is 6.92. The second-order valence-corrected chi connectivity index (χ2v) is 6.41. The lowest BCUT2D eigenvalue weighted by atomic mass is 10.0. The monoisotopic (exact) mass is 242 g/mol. The van der Waals surface area contributed by atoms with E-state index in [9.17, 15) is 0 Å². The third-order valence-corrected chi connectivity index (χ3v) is 4.99. The van der Waals surface area contributed by atoms with Crippen molar-refractivity contribution in [3.05, 3.63) is 0 Å². The molecular formula is C13H26N2S. The Morgan fingerprint density at radius 2 is 2.31 bits per heavy atom. The van der Waals surface area contributed by atoms with Crippen LogP contribution in [0.3, 0.4) is 0 Å². The zero-order valence-electron chi connectivity index (χ0n) is 10.6. The molecule has 0 aromatic rings. The summed E-state index contributed by atoms with van der Waals surface area (Å²) in [5.41, 5.74) is 0. The zero-order chi connectivity index (χ0) is 11.2. The lowest BCUT2D eigenvalue weighted by Gasteiger charge is -2.25. The number of nitrogens with one attached hydrogen (secondary N) is 1. The van der Waals surface area contributed by atoms with Gasteiger partial charge < -0.3 is 10.2 Å². The number of likely N-dealkylation sites (tertiary alicyclic amines) is 1. The lowest BCUT2D eigenvalue weighted by Crippen LogP contribution is -2.39. The zero-order valence-corrected chi connectivity index (χ0v) is 11.4. The van der Waals surface area contributed by atoms with E-state index in [2.05, 4.69) is 28.9 Å². The summed E-state index contributed by atoms with van der Waals surface area (Å²) < 4.78 is 0. The van der Waals surface area contributed by atoms with E-state index in [0.29, 0.717) is 0 Å². The summed E-state index contributed by atoms with van der Waals surface area (Å²) in [7, 11) is 0. The molecule has 0 aromatic heterocycles. The second-order valence-electron chi connectivity index (χ2n) is 5.26. The normalized spacial score (nSPS) is 32.1. The van der Waals surface area contributed by atoms with Gasteiger partial charge in [0.05, 0.1) is 0 Å². The maximum Gasteiger partial charge on any atom is 0.0170 e. The summed E-state index contributed by atoms with van der Waals surface area (Å²) >= 11 is 2.11. The van der Waals surface area contributed by atoms with Crippen LogP contribution in [0, 0.1) is 5.92 Å². The van der Waals surface area contributed by atoms with Gasteiger partial charge >= 0.3 is 0 Å². The highest BCUT2D eigenvalue weighted by Crippen LogP contribution is 2.21. The minimum atomic E-state index is 0.781. The van der Waals surface area contributed by atoms with Crippen LogP contribution in [-0.2, 0) is 0 Å². The molecule has 0 aromatic carbocycles. The SMILES string of the molecule is CCCC1CCN(CCC2CSCCN2)C1. The Bertz CT molecular complexity index is 192. The molecule has 0 aliphatic carbocycles. The average molecular weight is 242 g/mol. The van der Waals surface area contributed by atoms with Crippen LogP contribution in [0.2, 0.25) is 0 Å². The summed E-state index contributed by atoms with van der Waals surface area (Å²) in [6, 6.07) is 0.781. The van der Waals surface area contributed by atoms with Gasteiger partial charge in [0, 0.05) is 30.6 Å². The van der Waals surface area contributed by atoms with Crippen molar-refractivity contribution in [2.45, 2.75) is 38.6 Å². The van der Waals surface area contributed by atoms with E-state index in [1.54, 1.807) is 0 Å². The molecule has 94 valence electrons. The first kappa shape index (κ1) is 12.7. The molecular weight excluding hydrogens is 216 g/mol. The molecule has 0 bridgehead atoms. The van der Waals surface area contributed by atoms with Crippen LogP contribution in [0.1, 0.15) is 32.6 Å². The van der Waals surface area contributed by atoms with Crippen LogP contribution >= 0.6 is 11.8 Å². The van der Waals surface area contributed by atoms with Crippen LogP contribution in [0.15, 0.2) is 0 Å². The Morgan fingerprint density at radius 1 is 1.38 bits per heavy atom. The summed E-state index contributed by atoms with van der Waals surface area (Å²) in [5.74, 6) is 3.63. The Morgan fingerprint density at radius 3 is 3.06 bits per heavy atom. The van der Waals surface area contributed by atoms with Crippen molar-refractivity contribution < 1.29 is 0 Å². The van der Waals surface area contributed by atoms with E-state index in [0.717, 1.165) is 12.0 Å². The van der Waals surface area contributed by atoms with Gasteiger partial charge in [-0.25, -0.2) is 0 Å². The van der Waals surface area contributed by atoms with E-state index < -0.39 is 0 Å². The number of thioether (sulfide) groups is 1. The Kier molecular flexibility index (Phi) is 5.46. The van der Waals surface area contributed by atoms with Crippen molar-refractivity contribution in [1.82, 2.24) is 10.2 Å². The quantitative estimate of drug-likeness (QED) is 0.796. The average Bonchev–Trinajstić information content (AvgIpc) is 2.76. The third-order valence-electron chi connectivity index (χ3n) is 3.86. The predicted octanol–water partition coefficient (Wildman–Crippen LogP) is 2.20. The molecule has 0 amide bonds. The van der Waals surface area contributed by atoms with Crippen molar-refractivity contribution in [1.29, 1.82) is 0 Å². The van der Waals surface area contributed by atoms with Gasteiger partial charge in [-0.15, -0.1) is 0 Å². The molecule has 2 aliphatic heterocycles. The number of hydrogen-bond acceptors (Lipinski definition) is 3. The molecule has 2 unspecified atom stereocenters. The fourth-order valence-corrected chi connectivity index (χ4v) is 3.90. The van der Waals surface area contributed by atoms with Crippen molar-refractivity contribution in [2.75, 3.05) is 37.7 Å².